The first-order valence-corrected chi connectivity index (χ1v) is 10.5. The Kier molecular flexibility index (Phi) is 4.67. The van der Waals surface area contributed by atoms with E-state index in [1.807, 2.05) is 4.90 Å². The van der Waals surface area contributed by atoms with Gasteiger partial charge < -0.3 is 0 Å². The van der Waals surface area contributed by atoms with Crippen molar-refractivity contribution in [3.8, 4) is 0 Å². The van der Waals surface area contributed by atoms with Gasteiger partial charge in [0.25, 0.3) is 5.69 Å². The fourth-order valence-corrected chi connectivity index (χ4v) is 5.54. The normalized spacial score (nSPS) is 27.0. The van der Waals surface area contributed by atoms with Gasteiger partial charge in [0.2, 0.25) is 11.8 Å². The molecule has 3 fully saturated rings. The lowest BCUT2D eigenvalue weighted by atomic mass is 9.85. The molecule has 2 aromatic carbocycles. The number of nitrogens with zero attached hydrogens (tertiary/aromatic N) is 3. The molecule has 32 heavy (non-hydrogen) atoms. The lowest BCUT2D eigenvalue weighted by molar-refractivity contribution is -0.384. The molecule has 0 aromatic heterocycles. The maximum Gasteiger partial charge on any atom is 0.269 e. The Morgan fingerprint density at radius 2 is 1.78 bits per heavy atom. The number of benzene rings is 2. The molecule has 3 aliphatic rings. The van der Waals surface area contributed by atoms with Crippen LogP contribution in [0.3, 0.4) is 0 Å². The van der Waals surface area contributed by atoms with E-state index < -0.39 is 34.5 Å². The number of hydrogen-bond acceptors (Lipinski definition) is 6. The number of non-ortho nitro benzene ring substituents is 1. The summed E-state index contributed by atoms with van der Waals surface area (Å²) >= 11 is 0. The molecule has 3 heterocycles. The maximum absolute atomic E-state index is 13.5. The third-order valence-corrected chi connectivity index (χ3v) is 6.88. The molecule has 5 rings (SSSR count). The lowest BCUT2D eigenvalue weighted by Crippen LogP contribution is -2.46. The van der Waals surface area contributed by atoms with Crippen molar-refractivity contribution in [2.24, 2.45) is 11.8 Å². The number of amides is 2. The average molecular weight is 437 g/mol. The minimum absolute atomic E-state index is 0.128. The molecule has 2 amide bonds. The van der Waals surface area contributed by atoms with Gasteiger partial charge in [-0.3, -0.25) is 29.4 Å². The Balaban J connectivity index is 1.54. The summed E-state index contributed by atoms with van der Waals surface area (Å²) < 4.78 is 13.4. The van der Waals surface area contributed by atoms with Crippen molar-refractivity contribution in [2.75, 3.05) is 11.4 Å². The number of carbonyl (C=O) groups is 3. The first-order valence-electron chi connectivity index (χ1n) is 10.5. The van der Waals surface area contributed by atoms with Gasteiger partial charge in [-0.25, -0.2) is 9.29 Å². The molecule has 9 heteroatoms. The summed E-state index contributed by atoms with van der Waals surface area (Å²) in [5.74, 6) is -3.08. The monoisotopic (exact) mass is 437 g/mol. The second-order valence-corrected chi connectivity index (χ2v) is 8.55. The van der Waals surface area contributed by atoms with E-state index in [0.717, 1.165) is 11.3 Å². The van der Waals surface area contributed by atoms with Gasteiger partial charge in [-0.2, -0.15) is 0 Å². The van der Waals surface area contributed by atoms with Gasteiger partial charge in [-0.15, -0.1) is 0 Å². The molecule has 0 unspecified atom stereocenters. The molecule has 4 atom stereocenters. The molecule has 0 spiro atoms. The standard InChI is InChI=1S/C23H20FN3O5/c1-12-11-15(27(31)32)8-9-16(12)26-22(29)18-17-3-2-10-25(17)20(19(18)23(26)30)21(28)13-4-6-14(24)7-5-13/h4-9,11,17-20H,2-3,10H2,1H3/t17-,18-,19+,20-/m1/s1. The number of imide groups is 1. The van der Waals surface area contributed by atoms with Crippen molar-refractivity contribution in [3.63, 3.8) is 0 Å². The molecule has 164 valence electrons. The summed E-state index contributed by atoms with van der Waals surface area (Å²) in [5.41, 5.74) is 0.910. The van der Waals surface area contributed by atoms with Crippen molar-refractivity contribution in [1.29, 1.82) is 0 Å². The van der Waals surface area contributed by atoms with E-state index in [1.165, 1.54) is 42.5 Å². The van der Waals surface area contributed by atoms with Crippen LogP contribution < -0.4 is 4.90 Å². The van der Waals surface area contributed by atoms with Gasteiger partial charge in [0.1, 0.15) is 5.82 Å². The van der Waals surface area contributed by atoms with E-state index in [0.29, 0.717) is 29.8 Å². The number of fused-ring (bicyclic) bond motifs is 3. The van der Waals surface area contributed by atoms with Gasteiger partial charge >= 0.3 is 0 Å². The van der Waals surface area contributed by atoms with Crippen LogP contribution in [-0.2, 0) is 9.59 Å². The van der Waals surface area contributed by atoms with Crippen molar-refractivity contribution < 1.29 is 23.7 Å². The van der Waals surface area contributed by atoms with Crippen LogP contribution in [0.4, 0.5) is 15.8 Å². The van der Waals surface area contributed by atoms with Crippen LogP contribution in [0.5, 0.6) is 0 Å². The first kappa shape index (κ1) is 20.4. The summed E-state index contributed by atoms with van der Waals surface area (Å²) in [6.45, 7) is 2.23. The number of nitro groups is 1. The third kappa shape index (κ3) is 2.88. The number of nitro benzene ring substituents is 1. The fourth-order valence-electron chi connectivity index (χ4n) is 5.54. The molecule has 2 aromatic rings. The summed E-state index contributed by atoms with van der Waals surface area (Å²) in [4.78, 5) is 54.0. The highest BCUT2D eigenvalue weighted by Crippen LogP contribution is 2.49. The molecular formula is C23H20FN3O5. The molecule has 0 saturated carbocycles. The van der Waals surface area contributed by atoms with Crippen LogP contribution in [0, 0.1) is 34.7 Å². The molecule has 0 N–H and O–H groups in total. The molecule has 0 bridgehead atoms. The molecule has 0 aliphatic carbocycles. The average Bonchev–Trinajstić information content (AvgIpc) is 3.40. The fraction of sp³-hybridized carbons (Fsp3) is 0.348. The summed E-state index contributed by atoms with van der Waals surface area (Å²) in [6, 6.07) is 8.20. The number of rotatable bonds is 4. The minimum Gasteiger partial charge on any atom is -0.292 e. The zero-order valence-electron chi connectivity index (χ0n) is 17.2. The summed E-state index contributed by atoms with van der Waals surface area (Å²) in [5, 5.41) is 11.1. The van der Waals surface area contributed by atoms with E-state index in [1.54, 1.807) is 6.92 Å². The van der Waals surface area contributed by atoms with E-state index >= 15 is 0 Å². The Hall–Kier alpha value is -3.46. The Morgan fingerprint density at radius 3 is 2.44 bits per heavy atom. The highest BCUT2D eigenvalue weighted by Gasteiger charge is 2.64. The number of ketones is 1. The van der Waals surface area contributed by atoms with Crippen LogP contribution in [0.25, 0.3) is 0 Å². The second-order valence-electron chi connectivity index (χ2n) is 8.55. The second kappa shape index (κ2) is 7.30. The van der Waals surface area contributed by atoms with Crippen LogP contribution in [-0.4, -0.2) is 46.0 Å². The summed E-state index contributed by atoms with van der Waals surface area (Å²) in [7, 11) is 0. The van der Waals surface area contributed by atoms with Crippen molar-refractivity contribution in [2.45, 2.75) is 31.8 Å². The largest absolute Gasteiger partial charge is 0.292 e. The zero-order chi connectivity index (χ0) is 22.7. The number of aryl methyl sites for hydroxylation is 1. The van der Waals surface area contributed by atoms with Gasteiger partial charge in [-0.1, -0.05) is 0 Å². The van der Waals surface area contributed by atoms with Crippen LogP contribution >= 0.6 is 0 Å². The van der Waals surface area contributed by atoms with Gasteiger partial charge in [-0.05, 0) is 62.2 Å². The SMILES string of the molecule is Cc1cc([N+](=O)[O-])ccc1N1C(=O)[C@H]2[C@H](C1=O)[C@H](C(=O)c1ccc(F)cc1)N1CCC[C@H]21. The maximum atomic E-state index is 13.5. The highest BCUT2D eigenvalue weighted by atomic mass is 19.1. The van der Waals surface area contributed by atoms with Crippen LogP contribution in [0.15, 0.2) is 42.5 Å². The zero-order valence-corrected chi connectivity index (χ0v) is 17.2. The Morgan fingerprint density at radius 1 is 1.09 bits per heavy atom. The molecule has 0 radical (unpaired) electrons. The minimum atomic E-state index is -0.833. The lowest BCUT2D eigenvalue weighted by Gasteiger charge is -2.28. The van der Waals surface area contributed by atoms with Crippen molar-refractivity contribution in [1.82, 2.24) is 4.90 Å². The van der Waals surface area contributed by atoms with Crippen molar-refractivity contribution >= 4 is 29.0 Å². The van der Waals surface area contributed by atoms with Crippen LogP contribution in [0.1, 0.15) is 28.8 Å². The molecule has 8 nitrogen and oxygen atoms in total. The van der Waals surface area contributed by atoms with Gasteiger partial charge in [0, 0.05) is 23.7 Å². The van der Waals surface area contributed by atoms with E-state index in [9.17, 15) is 28.9 Å². The number of hydrogen-bond donors (Lipinski definition) is 0. The smallest absolute Gasteiger partial charge is 0.269 e. The van der Waals surface area contributed by atoms with Gasteiger partial charge in [0.05, 0.1) is 28.5 Å². The number of halogens is 1. The number of carbonyl (C=O) groups excluding carboxylic acids is 3. The highest BCUT2D eigenvalue weighted by molar-refractivity contribution is 6.24. The molecule has 3 saturated heterocycles. The predicted molar refractivity (Wildman–Crippen MR) is 112 cm³/mol. The topological polar surface area (TPSA) is 101 Å². The van der Waals surface area contributed by atoms with Gasteiger partial charge in [0.15, 0.2) is 5.78 Å². The number of anilines is 1. The van der Waals surface area contributed by atoms with E-state index in [4.69, 9.17) is 0 Å². The number of Topliss-reactive ketones (excluding diaryl/α,β-unsaturated/α-hetero) is 1. The van der Waals surface area contributed by atoms with Crippen molar-refractivity contribution in [3.05, 3.63) is 69.5 Å². The van der Waals surface area contributed by atoms with E-state index in [-0.39, 0.29) is 23.4 Å². The quantitative estimate of drug-likeness (QED) is 0.316. The molecular weight excluding hydrogens is 417 g/mol. The third-order valence-electron chi connectivity index (χ3n) is 6.88. The van der Waals surface area contributed by atoms with Crippen LogP contribution in [0.2, 0.25) is 0 Å². The summed E-state index contributed by atoms with van der Waals surface area (Å²) in [6.07, 6.45) is 1.53. The molecule has 3 aliphatic heterocycles. The van der Waals surface area contributed by atoms with E-state index in [2.05, 4.69) is 0 Å². The predicted octanol–water partition coefficient (Wildman–Crippen LogP) is 2.88. The Bertz CT molecular complexity index is 1160. The Labute approximate surface area is 182 Å². The first-order chi connectivity index (χ1) is 15.3.